The average Bonchev–Trinajstić information content (AvgIpc) is 2.34. The van der Waals surface area contributed by atoms with Crippen LogP contribution in [0.4, 0.5) is 4.39 Å². The van der Waals surface area contributed by atoms with E-state index in [0.29, 0.717) is 5.92 Å². The molecule has 2 nitrogen and oxygen atoms in total. The lowest BCUT2D eigenvalue weighted by atomic mass is 10.1. The highest BCUT2D eigenvalue weighted by Crippen LogP contribution is 2.14. The molecule has 11 heavy (non-hydrogen) atoms. The molecule has 0 aliphatic carbocycles. The Hall–Kier alpha value is -0.860. The zero-order valence-corrected chi connectivity index (χ0v) is 7.08. The second-order valence-electron chi connectivity index (χ2n) is 3.10. The van der Waals surface area contributed by atoms with E-state index in [4.69, 9.17) is 0 Å². The summed E-state index contributed by atoms with van der Waals surface area (Å²) in [5.74, 6) is 0.0757. The van der Waals surface area contributed by atoms with E-state index >= 15 is 0 Å². The summed E-state index contributed by atoms with van der Waals surface area (Å²) in [6, 6.07) is 1.64. The molecular weight excluding hydrogens is 143 g/mol. The Morgan fingerprint density at radius 2 is 2.09 bits per heavy atom. The molecule has 0 amide bonds. The first-order valence-electron chi connectivity index (χ1n) is 3.82. The van der Waals surface area contributed by atoms with Crippen LogP contribution in [0.1, 0.15) is 26.8 Å². The van der Waals surface area contributed by atoms with E-state index in [2.05, 4.69) is 18.9 Å². The Labute approximate surface area is 66.0 Å². The van der Waals surface area contributed by atoms with Crippen LogP contribution in [-0.4, -0.2) is 9.78 Å². The van der Waals surface area contributed by atoms with Crippen LogP contribution in [0.2, 0.25) is 0 Å². The van der Waals surface area contributed by atoms with Gasteiger partial charge >= 0.3 is 0 Å². The van der Waals surface area contributed by atoms with Gasteiger partial charge in [0.15, 0.2) is 0 Å². The number of aromatic nitrogens is 2. The summed E-state index contributed by atoms with van der Waals surface area (Å²) < 4.78 is 14.1. The minimum Gasteiger partial charge on any atom is -0.267 e. The predicted octanol–water partition coefficient (Wildman–Crippen LogP) is 2.24. The van der Waals surface area contributed by atoms with Crippen molar-refractivity contribution in [3.05, 3.63) is 18.2 Å². The molecule has 62 valence electrons. The fourth-order valence-corrected chi connectivity index (χ4v) is 0.847. The summed E-state index contributed by atoms with van der Waals surface area (Å²) in [5.41, 5.74) is 0. The fourth-order valence-electron chi connectivity index (χ4n) is 0.847. The van der Waals surface area contributed by atoms with Gasteiger partial charge in [-0.2, -0.15) is 4.39 Å². The van der Waals surface area contributed by atoms with E-state index in [1.54, 1.807) is 10.9 Å². The average molecular weight is 156 g/mol. The molecule has 3 heteroatoms. The van der Waals surface area contributed by atoms with Crippen LogP contribution in [0.25, 0.3) is 0 Å². The maximum atomic E-state index is 12.4. The van der Waals surface area contributed by atoms with E-state index in [0.717, 1.165) is 0 Å². The number of halogens is 1. The van der Waals surface area contributed by atoms with Crippen molar-refractivity contribution in [1.29, 1.82) is 0 Å². The first-order valence-corrected chi connectivity index (χ1v) is 3.82. The van der Waals surface area contributed by atoms with Crippen LogP contribution in [0.15, 0.2) is 12.3 Å². The number of nitrogens with zero attached hydrogens (tertiary/aromatic N) is 2. The van der Waals surface area contributed by atoms with Gasteiger partial charge in [-0.25, -0.2) is 0 Å². The number of hydrogen-bond acceptors (Lipinski definition) is 1. The summed E-state index contributed by atoms with van der Waals surface area (Å²) in [7, 11) is 0. The molecule has 0 saturated heterocycles. The van der Waals surface area contributed by atoms with E-state index in [1.807, 2.05) is 6.92 Å². The Kier molecular flexibility index (Phi) is 2.27. The van der Waals surface area contributed by atoms with Gasteiger partial charge in [0, 0.05) is 12.3 Å². The summed E-state index contributed by atoms with van der Waals surface area (Å²) >= 11 is 0. The summed E-state index contributed by atoms with van der Waals surface area (Å²) in [5, 5.41) is 3.68. The van der Waals surface area contributed by atoms with Crippen LogP contribution in [0, 0.1) is 11.9 Å². The first-order chi connectivity index (χ1) is 5.11. The van der Waals surface area contributed by atoms with Gasteiger partial charge in [0.1, 0.15) is 0 Å². The van der Waals surface area contributed by atoms with Crippen LogP contribution in [0.5, 0.6) is 0 Å². The van der Waals surface area contributed by atoms with Crippen molar-refractivity contribution in [2.24, 2.45) is 5.92 Å². The van der Waals surface area contributed by atoms with E-state index in [-0.39, 0.29) is 6.04 Å². The highest BCUT2D eigenvalue weighted by atomic mass is 19.1. The van der Waals surface area contributed by atoms with Crippen molar-refractivity contribution >= 4 is 0 Å². The monoisotopic (exact) mass is 156 g/mol. The first kappa shape index (κ1) is 8.24. The zero-order chi connectivity index (χ0) is 8.43. The number of hydrogen-bond donors (Lipinski definition) is 0. The van der Waals surface area contributed by atoms with Crippen molar-refractivity contribution in [2.75, 3.05) is 0 Å². The molecule has 1 heterocycles. The van der Waals surface area contributed by atoms with Gasteiger partial charge in [0.2, 0.25) is 5.95 Å². The molecule has 0 aliphatic heterocycles. The third kappa shape index (κ3) is 1.79. The second kappa shape index (κ2) is 3.03. The lowest BCUT2D eigenvalue weighted by molar-refractivity contribution is 0.363. The summed E-state index contributed by atoms with van der Waals surface area (Å²) in [4.78, 5) is 0. The molecule has 1 aromatic heterocycles. The van der Waals surface area contributed by atoms with Gasteiger partial charge in [0.05, 0.1) is 6.04 Å². The lowest BCUT2D eigenvalue weighted by Gasteiger charge is -2.15. The highest BCUT2D eigenvalue weighted by Gasteiger charge is 2.09. The molecule has 0 N–H and O–H groups in total. The highest BCUT2D eigenvalue weighted by molar-refractivity contribution is 4.84. The molecule has 0 spiro atoms. The molecule has 1 aromatic rings. The Balaban J connectivity index is 2.76. The minimum atomic E-state index is -0.405. The topological polar surface area (TPSA) is 17.8 Å². The van der Waals surface area contributed by atoms with Gasteiger partial charge in [-0.1, -0.05) is 13.8 Å². The molecule has 0 unspecified atom stereocenters. The maximum absolute atomic E-state index is 12.4. The standard InChI is InChI=1S/C8H13FN2/c1-6(2)7(3)11-5-4-8(9)10-11/h4-7H,1-3H3/t7-/m1/s1. The smallest absolute Gasteiger partial charge is 0.232 e. The third-order valence-electron chi connectivity index (χ3n) is 1.96. The Bertz CT molecular complexity index is 230. The van der Waals surface area contributed by atoms with Gasteiger partial charge in [-0.15, -0.1) is 5.10 Å². The van der Waals surface area contributed by atoms with E-state index < -0.39 is 5.95 Å². The largest absolute Gasteiger partial charge is 0.267 e. The Morgan fingerprint density at radius 1 is 1.45 bits per heavy atom. The van der Waals surface area contributed by atoms with Gasteiger partial charge in [-0.05, 0) is 12.8 Å². The molecule has 0 aliphatic rings. The van der Waals surface area contributed by atoms with Crippen LogP contribution in [-0.2, 0) is 0 Å². The molecule has 1 atom stereocenters. The van der Waals surface area contributed by atoms with Crippen LogP contribution >= 0.6 is 0 Å². The second-order valence-corrected chi connectivity index (χ2v) is 3.10. The van der Waals surface area contributed by atoms with E-state index in [9.17, 15) is 4.39 Å². The Morgan fingerprint density at radius 3 is 2.45 bits per heavy atom. The predicted molar refractivity (Wildman–Crippen MR) is 41.7 cm³/mol. The lowest BCUT2D eigenvalue weighted by Crippen LogP contribution is -2.11. The number of rotatable bonds is 2. The third-order valence-corrected chi connectivity index (χ3v) is 1.96. The molecule has 0 fully saturated rings. The van der Waals surface area contributed by atoms with Crippen molar-refractivity contribution in [2.45, 2.75) is 26.8 Å². The molecule has 0 bridgehead atoms. The van der Waals surface area contributed by atoms with Crippen LogP contribution in [0.3, 0.4) is 0 Å². The molecule has 0 aromatic carbocycles. The summed E-state index contributed by atoms with van der Waals surface area (Å²) in [6.45, 7) is 6.20. The van der Waals surface area contributed by atoms with Gasteiger partial charge < -0.3 is 0 Å². The maximum Gasteiger partial charge on any atom is 0.232 e. The zero-order valence-electron chi connectivity index (χ0n) is 7.08. The van der Waals surface area contributed by atoms with E-state index in [1.165, 1.54) is 6.07 Å². The molecule has 0 saturated carbocycles. The van der Waals surface area contributed by atoms with Crippen molar-refractivity contribution < 1.29 is 4.39 Å². The van der Waals surface area contributed by atoms with Crippen LogP contribution < -0.4 is 0 Å². The van der Waals surface area contributed by atoms with Gasteiger partial charge in [-0.3, -0.25) is 4.68 Å². The normalized spacial score (nSPS) is 13.9. The fraction of sp³-hybridized carbons (Fsp3) is 0.625. The molecular formula is C8H13FN2. The molecule has 0 radical (unpaired) electrons. The summed E-state index contributed by atoms with van der Waals surface area (Å²) in [6.07, 6.45) is 1.67. The quantitative estimate of drug-likeness (QED) is 0.642. The van der Waals surface area contributed by atoms with Crippen molar-refractivity contribution in [3.63, 3.8) is 0 Å². The van der Waals surface area contributed by atoms with Gasteiger partial charge in [0.25, 0.3) is 0 Å². The van der Waals surface area contributed by atoms with Crippen molar-refractivity contribution in [3.8, 4) is 0 Å². The minimum absolute atomic E-state index is 0.263. The van der Waals surface area contributed by atoms with Crippen molar-refractivity contribution in [1.82, 2.24) is 9.78 Å². The SMILES string of the molecule is CC(C)[C@@H](C)n1ccc(F)n1. The molecule has 1 rings (SSSR count).